The molecule has 1 aliphatic carbocycles. The first kappa shape index (κ1) is 30.4. The monoisotopic (exact) mass is 546 g/mol. The largest absolute Gasteiger partial charge is 0.458 e. The van der Waals surface area contributed by atoms with E-state index >= 15 is 0 Å². The van der Waals surface area contributed by atoms with Crippen molar-refractivity contribution >= 4 is 29.0 Å². The second kappa shape index (κ2) is 17.5. The van der Waals surface area contributed by atoms with Crippen LogP contribution in [-0.4, -0.2) is 15.7 Å². The highest BCUT2D eigenvalue weighted by Crippen LogP contribution is 2.38. The highest BCUT2D eigenvalue weighted by molar-refractivity contribution is 8.00. The van der Waals surface area contributed by atoms with E-state index in [1.807, 2.05) is 11.8 Å². The third kappa shape index (κ3) is 10.6. The molecule has 0 fully saturated rings. The minimum absolute atomic E-state index is 0.261. The zero-order valence-electron chi connectivity index (χ0n) is 23.4. The Bertz CT molecular complexity index is 1010. The van der Waals surface area contributed by atoms with Gasteiger partial charge in [-0.15, -0.1) is 11.8 Å². The van der Waals surface area contributed by atoms with Crippen molar-refractivity contribution in [2.24, 2.45) is 0 Å². The summed E-state index contributed by atoms with van der Waals surface area (Å²) in [6, 6.07) is 19.3. The van der Waals surface area contributed by atoms with E-state index in [0.717, 1.165) is 24.2 Å². The van der Waals surface area contributed by atoms with Gasteiger partial charge in [0.1, 0.15) is 0 Å². The Kier molecular flexibility index (Phi) is 14.0. The van der Waals surface area contributed by atoms with Gasteiger partial charge in [0.15, 0.2) is 9.98 Å². The van der Waals surface area contributed by atoms with Crippen molar-refractivity contribution in [1.82, 2.24) is 0 Å². The molecule has 0 aromatic heterocycles. The quantitative estimate of drug-likeness (QED) is 0.0845. The number of aryl methyl sites for hydroxylation is 1. The van der Waals surface area contributed by atoms with Gasteiger partial charge in [-0.25, -0.2) is 0 Å². The Morgan fingerprint density at radius 3 is 2.18 bits per heavy atom. The van der Waals surface area contributed by atoms with Crippen LogP contribution in [0.1, 0.15) is 101 Å². The number of ether oxygens (including phenoxy) is 1. The molecule has 1 nitrogen and oxygen atoms in total. The molecule has 0 amide bonds. The van der Waals surface area contributed by atoms with Crippen LogP contribution >= 0.6 is 24.0 Å². The second-order valence-electron chi connectivity index (χ2n) is 10.2. The highest BCUT2D eigenvalue weighted by atomic mass is 32.2. The number of hydrogen-bond donors (Lipinski definition) is 0. The summed E-state index contributed by atoms with van der Waals surface area (Å²) in [6.45, 7) is 4.51. The Morgan fingerprint density at radius 2 is 1.47 bits per heavy atom. The summed E-state index contributed by atoms with van der Waals surface area (Å²) in [4.78, 5) is -0.573. The van der Waals surface area contributed by atoms with Gasteiger partial charge in [-0.05, 0) is 61.2 Å². The van der Waals surface area contributed by atoms with E-state index in [2.05, 4.69) is 105 Å². The standard InChI is InChI=1S/C35H46OS2/c1-3-5-7-9-11-14-18-30-21-23-33(24-22-30)34(37)36-35(38-29-17-12-10-8-6-4-2)27-25-32(26-28-35)31-19-15-13-16-20-31/h10,12-13,15-16,19-28,32H,3-9,11,14,17-18,29H2,1-2H3/b12-10+. The van der Waals surface area contributed by atoms with Crippen molar-refractivity contribution in [3.05, 3.63) is 108 Å². The first-order valence-corrected chi connectivity index (χ1v) is 16.1. The molecule has 0 atom stereocenters. The molecule has 0 saturated carbocycles. The summed E-state index contributed by atoms with van der Waals surface area (Å²) in [5.74, 6) is 1.24. The third-order valence-electron chi connectivity index (χ3n) is 7.02. The lowest BCUT2D eigenvalue weighted by molar-refractivity contribution is 0.256. The van der Waals surface area contributed by atoms with E-state index in [0.29, 0.717) is 5.05 Å². The Balaban J connectivity index is 1.60. The molecule has 2 aromatic rings. The second-order valence-corrected chi connectivity index (χ2v) is 11.9. The fourth-order valence-corrected chi connectivity index (χ4v) is 6.04. The lowest BCUT2D eigenvalue weighted by Crippen LogP contribution is -2.29. The molecule has 0 N–H and O–H groups in total. The van der Waals surface area contributed by atoms with E-state index in [-0.39, 0.29) is 5.92 Å². The predicted molar refractivity (Wildman–Crippen MR) is 172 cm³/mol. The fraction of sp³-hybridized carbons (Fsp3) is 0.457. The van der Waals surface area contributed by atoms with Gasteiger partial charge < -0.3 is 4.74 Å². The smallest absolute Gasteiger partial charge is 0.193 e. The fourth-order valence-electron chi connectivity index (χ4n) is 4.65. The predicted octanol–water partition coefficient (Wildman–Crippen LogP) is 10.8. The van der Waals surface area contributed by atoms with Gasteiger partial charge in [0, 0.05) is 17.2 Å². The zero-order chi connectivity index (χ0) is 26.9. The molecule has 204 valence electrons. The SMILES string of the molecule is CCCC/C=C/CCSC1(OC(=S)c2ccc(CCCCCCCC)cc2)C=CC(c2ccccc2)C=C1. The maximum atomic E-state index is 6.57. The van der Waals surface area contributed by atoms with Crippen LogP contribution in [0.2, 0.25) is 0 Å². The minimum Gasteiger partial charge on any atom is -0.458 e. The molecule has 38 heavy (non-hydrogen) atoms. The van der Waals surface area contributed by atoms with Gasteiger partial charge in [-0.3, -0.25) is 0 Å². The Hall–Kier alpha value is -2.10. The summed E-state index contributed by atoms with van der Waals surface area (Å²) in [5, 5.41) is 0.564. The third-order valence-corrected chi connectivity index (χ3v) is 8.59. The first-order valence-electron chi connectivity index (χ1n) is 14.7. The summed E-state index contributed by atoms with van der Waals surface area (Å²) in [7, 11) is 0. The van der Waals surface area contributed by atoms with Crippen molar-refractivity contribution in [2.75, 3.05) is 5.75 Å². The molecule has 0 radical (unpaired) electrons. The van der Waals surface area contributed by atoms with E-state index in [9.17, 15) is 0 Å². The minimum atomic E-state index is -0.573. The van der Waals surface area contributed by atoms with Crippen molar-refractivity contribution < 1.29 is 4.74 Å². The zero-order valence-corrected chi connectivity index (χ0v) is 25.1. The molecular formula is C35H46OS2. The Morgan fingerprint density at radius 1 is 0.816 bits per heavy atom. The molecular weight excluding hydrogens is 501 g/mol. The molecule has 0 unspecified atom stereocenters. The number of rotatable bonds is 17. The lowest BCUT2D eigenvalue weighted by atomic mass is 9.94. The molecule has 0 spiro atoms. The summed E-state index contributed by atoms with van der Waals surface area (Å²) < 4.78 is 6.57. The molecule has 0 saturated heterocycles. The number of benzene rings is 2. The van der Waals surface area contributed by atoms with Crippen LogP contribution in [0.3, 0.4) is 0 Å². The van der Waals surface area contributed by atoms with Crippen molar-refractivity contribution in [3.63, 3.8) is 0 Å². The molecule has 1 aliphatic rings. The van der Waals surface area contributed by atoms with Crippen LogP contribution in [0.25, 0.3) is 0 Å². The molecule has 3 rings (SSSR count). The molecule has 3 heteroatoms. The number of thioether (sulfide) groups is 1. The van der Waals surface area contributed by atoms with Crippen LogP contribution in [0.15, 0.2) is 91.1 Å². The van der Waals surface area contributed by atoms with E-state index in [1.165, 1.54) is 68.9 Å². The first-order chi connectivity index (χ1) is 18.7. The number of allylic oxidation sites excluding steroid dienone is 4. The van der Waals surface area contributed by atoms with Gasteiger partial charge in [-0.2, -0.15) is 0 Å². The molecule has 0 aliphatic heterocycles. The average molecular weight is 547 g/mol. The Labute approximate surface area is 241 Å². The number of unbranched alkanes of at least 4 members (excludes halogenated alkanes) is 7. The van der Waals surface area contributed by atoms with Gasteiger partial charge in [-0.1, -0.05) is 138 Å². The molecule has 0 bridgehead atoms. The van der Waals surface area contributed by atoms with E-state index in [1.54, 1.807) is 0 Å². The highest BCUT2D eigenvalue weighted by Gasteiger charge is 2.31. The maximum absolute atomic E-state index is 6.57. The summed E-state index contributed by atoms with van der Waals surface area (Å²) in [6.07, 6.45) is 27.3. The van der Waals surface area contributed by atoms with E-state index < -0.39 is 4.93 Å². The van der Waals surface area contributed by atoms with Crippen LogP contribution in [0, 0.1) is 0 Å². The van der Waals surface area contributed by atoms with Crippen LogP contribution < -0.4 is 0 Å². The number of hydrogen-bond acceptors (Lipinski definition) is 3. The van der Waals surface area contributed by atoms with Crippen LogP contribution in [0.5, 0.6) is 0 Å². The van der Waals surface area contributed by atoms with Gasteiger partial charge in [0.25, 0.3) is 0 Å². The molecule has 0 heterocycles. The van der Waals surface area contributed by atoms with Crippen molar-refractivity contribution in [3.8, 4) is 0 Å². The van der Waals surface area contributed by atoms with Crippen LogP contribution in [0.4, 0.5) is 0 Å². The van der Waals surface area contributed by atoms with Crippen molar-refractivity contribution in [1.29, 1.82) is 0 Å². The van der Waals surface area contributed by atoms with Gasteiger partial charge in [0.05, 0.1) is 0 Å². The lowest BCUT2D eigenvalue weighted by Gasteiger charge is -2.31. The van der Waals surface area contributed by atoms with Gasteiger partial charge in [0.2, 0.25) is 0 Å². The van der Waals surface area contributed by atoms with Crippen molar-refractivity contribution in [2.45, 2.75) is 95.3 Å². The van der Waals surface area contributed by atoms with Crippen LogP contribution in [-0.2, 0) is 11.2 Å². The topological polar surface area (TPSA) is 9.23 Å². The number of thiocarbonyl (C=S) groups is 1. The maximum Gasteiger partial charge on any atom is 0.193 e. The van der Waals surface area contributed by atoms with Gasteiger partial charge >= 0.3 is 0 Å². The normalized spacial score (nSPS) is 18.7. The summed E-state index contributed by atoms with van der Waals surface area (Å²) in [5.41, 5.74) is 3.66. The molecule has 2 aromatic carbocycles. The van der Waals surface area contributed by atoms with E-state index in [4.69, 9.17) is 17.0 Å². The average Bonchev–Trinajstić information content (AvgIpc) is 2.95. The summed E-state index contributed by atoms with van der Waals surface area (Å²) >= 11 is 7.63.